The SMILES string of the molecule is O=C(Nc1nc(-c2ccc(Cl)c(Cl)c2)cs1)c1ccc(F)c(F)c1. The van der Waals surface area contributed by atoms with Crippen molar-refractivity contribution in [2.24, 2.45) is 0 Å². The number of thiazole rings is 1. The van der Waals surface area contributed by atoms with Crippen LogP contribution in [0.5, 0.6) is 0 Å². The first-order chi connectivity index (χ1) is 11.4. The zero-order valence-corrected chi connectivity index (χ0v) is 14.1. The molecule has 0 atom stereocenters. The maximum atomic E-state index is 13.2. The van der Waals surface area contributed by atoms with Crippen molar-refractivity contribution in [1.29, 1.82) is 0 Å². The molecule has 0 spiro atoms. The predicted molar refractivity (Wildman–Crippen MR) is 91.9 cm³/mol. The normalized spacial score (nSPS) is 10.7. The summed E-state index contributed by atoms with van der Waals surface area (Å²) in [5.74, 6) is -2.68. The van der Waals surface area contributed by atoms with Crippen molar-refractivity contribution in [2.75, 3.05) is 5.32 Å². The molecule has 2 aromatic carbocycles. The van der Waals surface area contributed by atoms with Crippen LogP contribution in [0, 0.1) is 11.6 Å². The fraction of sp³-hybridized carbons (Fsp3) is 0. The molecule has 1 heterocycles. The van der Waals surface area contributed by atoms with Gasteiger partial charge in [-0.2, -0.15) is 0 Å². The Kier molecular flexibility index (Phi) is 4.80. The van der Waals surface area contributed by atoms with Gasteiger partial charge in [0, 0.05) is 16.5 Å². The molecule has 0 aliphatic carbocycles. The number of hydrogen-bond acceptors (Lipinski definition) is 3. The molecule has 3 aromatic rings. The Labute approximate surface area is 149 Å². The number of amides is 1. The molecule has 0 saturated carbocycles. The number of nitrogens with zero attached hydrogens (tertiary/aromatic N) is 1. The van der Waals surface area contributed by atoms with E-state index in [1.54, 1.807) is 23.6 Å². The number of aromatic nitrogens is 1. The Balaban J connectivity index is 1.79. The lowest BCUT2D eigenvalue weighted by molar-refractivity contribution is 0.102. The lowest BCUT2D eigenvalue weighted by Gasteiger charge is -2.02. The number of rotatable bonds is 3. The van der Waals surface area contributed by atoms with Gasteiger partial charge in [0.25, 0.3) is 5.91 Å². The highest BCUT2D eigenvalue weighted by molar-refractivity contribution is 7.14. The third-order valence-electron chi connectivity index (χ3n) is 3.12. The topological polar surface area (TPSA) is 42.0 Å². The van der Waals surface area contributed by atoms with E-state index in [1.165, 1.54) is 17.4 Å². The van der Waals surface area contributed by atoms with E-state index < -0.39 is 17.5 Å². The molecule has 0 aliphatic heterocycles. The van der Waals surface area contributed by atoms with Gasteiger partial charge in [-0.1, -0.05) is 29.3 Å². The summed E-state index contributed by atoms with van der Waals surface area (Å²) >= 11 is 13.0. The lowest BCUT2D eigenvalue weighted by atomic mass is 10.2. The second-order valence-electron chi connectivity index (χ2n) is 4.75. The number of benzene rings is 2. The molecular weight excluding hydrogens is 377 g/mol. The minimum atomic E-state index is -1.08. The molecule has 3 rings (SSSR count). The van der Waals surface area contributed by atoms with Crippen LogP contribution in [0.25, 0.3) is 11.3 Å². The summed E-state index contributed by atoms with van der Waals surface area (Å²) in [6.07, 6.45) is 0. The van der Waals surface area contributed by atoms with Gasteiger partial charge in [-0.05, 0) is 30.3 Å². The maximum absolute atomic E-state index is 13.2. The fourth-order valence-corrected chi connectivity index (χ4v) is 2.94. The van der Waals surface area contributed by atoms with E-state index in [9.17, 15) is 13.6 Å². The highest BCUT2D eigenvalue weighted by atomic mass is 35.5. The van der Waals surface area contributed by atoms with Crippen molar-refractivity contribution in [3.8, 4) is 11.3 Å². The van der Waals surface area contributed by atoms with Crippen molar-refractivity contribution in [1.82, 2.24) is 4.98 Å². The smallest absolute Gasteiger partial charge is 0.257 e. The van der Waals surface area contributed by atoms with Crippen molar-refractivity contribution in [3.63, 3.8) is 0 Å². The third-order valence-corrected chi connectivity index (χ3v) is 4.62. The Hall–Kier alpha value is -2.02. The number of carbonyl (C=O) groups excluding carboxylic acids is 1. The largest absolute Gasteiger partial charge is 0.298 e. The van der Waals surface area contributed by atoms with Crippen molar-refractivity contribution < 1.29 is 13.6 Å². The highest BCUT2D eigenvalue weighted by Crippen LogP contribution is 2.30. The predicted octanol–water partition coefficient (Wildman–Crippen LogP) is 5.65. The van der Waals surface area contributed by atoms with Crippen LogP contribution in [0.4, 0.5) is 13.9 Å². The van der Waals surface area contributed by atoms with Gasteiger partial charge in [0.1, 0.15) is 0 Å². The Morgan fingerprint density at radius 3 is 2.54 bits per heavy atom. The number of halogens is 4. The summed E-state index contributed by atoms with van der Waals surface area (Å²) in [5.41, 5.74) is 1.35. The number of carbonyl (C=O) groups is 1. The molecule has 1 aromatic heterocycles. The van der Waals surface area contributed by atoms with E-state index in [0.717, 1.165) is 17.7 Å². The van der Waals surface area contributed by atoms with Crippen molar-refractivity contribution in [3.05, 3.63) is 69.0 Å². The molecule has 0 unspecified atom stereocenters. The van der Waals surface area contributed by atoms with Crippen LogP contribution in [-0.2, 0) is 0 Å². The molecule has 3 nitrogen and oxygen atoms in total. The first kappa shape index (κ1) is 16.8. The van der Waals surface area contributed by atoms with Gasteiger partial charge in [0.05, 0.1) is 15.7 Å². The third kappa shape index (κ3) is 3.56. The first-order valence-corrected chi connectivity index (χ1v) is 8.25. The number of anilines is 1. The van der Waals surface area contributed by atoms with Crippen LogP contribution in [-0.4, -0.2) is 10.9 Å². The minimum absolute atomic E-state index is 0.000173. The van der Waals surface area contributed by atoms with E-state index in [0.29, 0.717) is 20.9 Å². The summed E-state index contributed by atoms with van der Waals surface area (Å²) in [4.78, 5) is 16.3. The molecule has 0 fully saturated rings. The highest BCUT2D eigenvalue weighted by Gasteiger charge is 2.13. The molecule has 0 bridgehead atoms. The quantitative estimate of drug-likeness (QED) is 0.633. The molecule has 0 saturated heterocycles. The maximum Gasteiger partial charge on any atom is 0.257 e. The van der Waals surface area contributed by atoms with Gasteiger partial charge in [-0.15, -0.1) is 11.3 Å². The molecule has 1 N–H and O–H groups in total. The first-order valence-electron chi connectivity index (χ1n) is 6.61. The average molecular weight is 385 g/mol. The van der Waals surface area contributed by atoms with Gasteiger partial charge in [-0.25, -0.2) is 13.8 Å². The average Bonchev–Trinajstić information content (AvgIpc) is 3.01. The van der Waals surface area contributed by atoms with E-state index in [1.807, 2.05) is 0 Å². The fourth-order valence-electron chi connectivity index (χ4n) is 1.93. The Bertz CT molecular complexity index is 930. The Morgan fingerprint density at radius 1 is 1.04 bits per heavy atom. The van der Waals surface area contributed by atoms with Gasteiger partial charge in [-0.3, -0.25) is 10.1 Å². The van der Waals surface area contributed by atoms with Crippen molar-refractivity contribution >= 4 is 45.6 Å². The van der Waals surface area contributed by atoms with Crippen LogP contribution in [0.1, 0.15) is 10.4 Å². The van der Waals surface area contributed by atoms with Gasteiger partial charge in [0.2, 0.25) is 0 Å². The van der Waals surface area contributed by atoms with E-state index in [4.69, 9.17) is 23.2 Å². The van der Waals surface area contributed by atoms with Crippen LogP contribution in [0.15, 0.2) is 41.8 Å². The zero-order valence-electron chi connectivity index (χ0n) is 11.8. The summed E-state index contributed by atoms with van der Waals surface area (Å²) in [7, 11) is 0. The summed E-state index contributed by atoms with van der Waals surface area (Å²) in [5, 5.41) is 5.43. The van der Waals surface area contributed by atoms with Crippen LogP contribution in [0.2, 0.25) is 10.0 Å². The lowest BCUT2D eigenvalue weighted by Crippen LogP contribution is -2.12. The molecule has 1 amide bonds. The molecule has 0 radical (unpaired) electrons. The monoisotopic (exact) mass is 384 g/mol. The molecule has 122 valence electrons. The van der Waals surface area contributed by atoms with E-state index >= 15 is 0 Å². The van der Waals surface area contributed by atoms with Crippen LogP contribution >= 0.6 is 34.5 Å². The standard InChI is InChI=1S/C16H8Cl2F2N2OS/c17-10-3-1-8(5-11(10)18)14-7-24-16(21-14)22-15(23)9-2-4-12(19)13(20)6-9/h1-7H,(H,21,22,23). The summed E-state index contributed by atoms with van der Waals surface area (Å²) in [6.45, 7) is 0. The number of nitrogens with one attached hydrogen (secondary N) is 1. The molecule has 0 aliphatic rings. The minimum Gasteiger partial charge on any atom is -0.298 e. The van der Waals surface area contributed by atoms with Gasteiger partial charge < -0.3 is 0 Å². The second kappa shape index (κ2) is 6.84. The van der Waals surface area contributed by atoms with Crippen LogP contribution in [0.3, 0.4) is 0 Å². The van der Waals surface area contributed by atoms with E-state index in [2.05, 4.69) is 10.3 Å². The summed E-state index contributed by atoms with van der Waals surface area (Å²) < 4.78 is 26.1. The van der Waals surface area contributed by atoms with Gasteiger partial charge in [0.15, 0.2) is 16.8 Å². The van der Waals surface area contributed by atoms with Crippen LogP contribution < -0.4 is 5.32 Å². The summed E-state index contributed by atoms with van der Waals surface area (Å²) in [6, 6.07) is 7.99. The van der Waals surface area contributed by atoms with E-state index in [-0.39, 0.29) is 5.56 Å². The van der Waals surface area contributed by atoms with Gasteiger partial charge >= 0.3 is 0 Å². The zero-order chi connectivity index (χ0) is 17.3. The van der Waals surface area contributed by atoms with Crippen molar-refractivity contribution in [2.45, 2.75) is 0 Å². The Morgan fingerprint density at radius 2 is 1.83 bits per heavy atom. The molecule has 24 heavy (non-hydrogen) atoms. The number of hydrogen-bond donors (Lipinski definition) is 1. The molecule has 8 heteroatoms. The second-order valence-corrected chi connectivity index (χ2v) is 6.42. The molecular formula is C16H8Cl2F2N2OS.